The number of piperidine rings is 2. The topological polar surface area (TPSA) is 63.5 Å². The van der Waals surface area contributed by atoms with Crippen LogP contribution in [0.2, 0.25) is 0 Å². The molecule has 2 aliphatic heterocycles. The van der Waals surface area contributed by atoms with E-state index in [0.717, 1.165) is 64.2 Å². The Morgan fingerprint density at radius 3 is 2.79 bits per heavy atom. The first kappa shape index (κ1) is 19.9. The predicted octanol–water partition coefficient (Wildman–Crippen LogP) is 3.14. The van der Waals surface area contributed by atoms with Crippen molar-refractivity contribution in [1.29, 1.82) is 0 Å². The number of hydrogen-bond donors (Lipinski definition) is 0. The summed E-state index contributed by atoms with van der Waals surface area (Å²) in [6, 6.07) is 8.51. The summed E-state index contributed by atoms with van der Waals surface area (Å²) in [4.78, 5) is 17.0. The van der Waals surface area contributed by atoms with Crippen molar-refractivity contribution in [1.82, 2.24) is 24.8 Å². The number of rotatable bonds is 6. The molecule has 1 atom stereocenters. The molecule has 2 aromatic rings. The minimum atomic E-state index is 0.0225. The Balaban J connectivity index is 1.40. The highest BCUT2D eigenvalue weighted by Crippen LogP contribution is 2.26. The van der Waals surface area contributed by atoms with Gasteiger partial charge in [0, 0.05) is 31.7 Å². The highest BCUT2D eigenvalue weighted by atomic mass is 16.5. The molecule has 1 unspecified atom stereocenters. The highest BCUT2D eigenvalue weighted by Gasteiger charge is 2.26. The molecule has 2 saturated heterocycles. The van der Waals surface area contributed by atoms with Crippen LogP contribution in [-0.4, -0.2) is 63.5 Å². The van der Waals surface area contributed by atoms with E-state index in [9.17, 15) is 4.79 Å². The first-order valence-corrected chi connectivity index (χ1v) is 10.9. The third-order valence-electron chi connectivity index (χ3n) is 5.89. The number of para-hydroxylation sites is 1. The van der Waals surface area contributed by atoms with Crippen molar-refractivity contribution in [2.45, 2.75) is 51.6 Å². The molecule has 3 heterocycles. The molecule has 7 heteroatoms. The second-order valence-corrected chi connectivity index (χ2v) is 8.01. The number of ether oxygens (including phenoxy) is 1. The fourth-order valence-electron chi connectivity index (χ4n) is 4.37. The maximum absolute atomic E-state index is 12.7. The average Bonchev–Trinajstić information content (AvgIpc) is 3.26. The van der Waals surface area contributed by atoms with Crippen molar-refractivity contribution in [3.63, 3.8) is 0 Å². The van der Waals surface area contributed by atoms with Crippen LogP contribution in [0.4, 0.5) is 0 Å². The SMILES string of the molecule is CCOc1ccccc1CN1CCCC(n2cc(C(=O)N3CCCCC3)nn2)C1. The molecule has 1 aromatic heterocycles. The molecule has 4 rings (SSSR count). The van der Waals surface area contributed by atoms with Gasteiger partial charge in [-0.05, 0) is 51.6 Å². The Labute approximate surface area is 172 Å². The summed E-state index contributed by atoms with van der Waals surface area (Å²) in [6.45, 7) is 7.19. The van der Waals surface area contributed by atoms with Gasteiger partial charge < -0.3 is 9.64 Å². The van der Waals surface area contributed by atoms with Crippen LogP contribution in [0.3, 0.4) is 0 Å². The largest absolute Gasteiger partial charge is 0.494 e. The number of carbonyl (C=O) groups is 1. The van der Waals surface area contributed by atoms with Gasteiger partial charge >= 0.3 is 0 Å². The summed E-state index contributed by atoms with van der Waals surface area (Å²) in [7, 11) is 0. The van der Waals surface area contributed by atoms with E-state index in [1.165, 1.54) is 12.0 Å². The zero-order valence-electron chi connectivity index (χ0n) is 17.3. The van der Waals surface area contributed by atoms with Gasteiger partial charge in [0.25, 0.3) is 5.91 Å². The number of carbonyl (C=O) groups excluding carboxylic acids is 1. The van der Waals surface area contributed by atoms with Crippen LogP contribution in [-0.2, 0) is 6.54 Å². The van der Waals surface area contributed by atoms with Crippen LogP contribution < -0.4 is 4.74 Å². The van der Waals surface area contributed by atoms with Gasteiger partial charge in [-0.15, -0.1) is 5.10 Å². The molecule has 0 spiro atoms. The van der Waals surface area contributed by atoms with Crippen LogP contribution in [0.15, 0.2) is 30.5 Å². The standard InChI is InChI=1S/C22H31N5O2/c1-2-29-21-11-5-4-9-18(21)15-25-12-8-10-19(16-25)27-17-20(23-24-27)22(28)26-13-6-3-7-14-26/h4-5,9,11,17,19H,2-3,6-8,10,12-16H2,1H3. The summed E-state index contributed by atoms with van der Waals surface area (Å²) < 4.78 is 7.68. The van der Waals surface area contributed by atoms with Gasteiger partial charge in [-0.3, -0.25) is 9.69 Å². The zero-order chi connectivity index (χ0) is 20.1. The van der Waals surface area contributed by atoms with Crippen molar-refractivity contribution < 1.29 is 9.53 Å². The molecule has 29 heavy (non-hydrogen) atoms. The molecule has 0 radical (unpaired) electrons. The number of aromatic nitrogens is 3. The van der Waals surface area contributed by atoms with Gasteiger partial charge in [0.05, 0.1) is 18.8 Å². The van der Waals surface area contributed by atoms with Crippen molar-refractivity contribution in [2.75, 3.05) is 32.8 Å². The Morgan fingerprint density at radius 2 is 1.97 bits per heavy atom. The lowest BCUT2D eigenvalue weighted by molar-refractivity contribution is 0.0718. The van der Waals surface area contributed by atoms with Crippen LogP contribution >= 0.6 is 0 Å². The van der Waals surface area contributed by atoms with Crippen molar-refractivity contribution >= 4 is 5.91 Å². The van der Waals surface area contributed by atoms with E-state index in [1.807, 2.05) is 34.8 Å². The molecular formula is C22H31N5O2. The Bertz CT molecular complexity index is 815. The monoisotopic (exact) mass is 397 g/mol. The Morgan fingerprint density at radius 1 is 1.14 bits per heavy atom. The van der Waals surface area contributed by atoms with Gasteiger partial charge in [-0.25, -0.2) is 4.68 Å². The summed E-state index contributed by atoms with van der Waals surface area (Å²) in [5.74, 6) is 0.988. The van der Waals surface area contributed by atoms with Crippen molar-refractivity contribution in [2.24, 2.45) is 0 Å². The smallest absolute Gasteiger partial charge is 0.276 e. The van der Waals surface area contributed by atoms with Gasteiger partial charge in [-0.2, -0.15) is 0 Å². The van der Waals surface area contributed by atoms with E-state index in [0.29, 0.717) is 12.3 Å². The summed E-state index contributed by atoms with van der Waals surface area (Å²) in [5.41, 5.74) is 1.69. The predicted molar refractivity (Wildman–Crippen MR) is 111 cm³/mol. The lowest BCUT2D eigenvalue weighted by Crippen LogP contribution is -2.36. The molecule has 2 fully saturated rings. The molecular weight excluding hydrogens is 366 g/mol. The fraction of sp³-hybridized carbons (Fsp3) is 0.591. The van der Waals surface area contributed by atoms with Crippen LogP contribution in [0, 0.1) is 0 Å². The van der Waals surface area contributed by atoms with Gasteiger partial charge in [0.15, 0.2) is 5.69 Å². The lowest BCUT2D eigenvalue weighted by Gasteiger charge is -2.32. The van der Waals surface area contributed by atoms with E-state index < -0.39 is 0 Å². The minimum Gasteiger partial charge on any atom is -0.494 e. The highest BCUT2D eigenvalue weighted by molar-refractivity contribution is 5.91. The molecule has 1 aromatic carbocycles. The first-order chi connectivity index (χ1) is 14.2. The number of amides is 1. The quantitative estimate of drug-likeness (QED) is 0.749. The van der Waals surface area contributed by atoms with E-state index in [4.69, 9.17) is 4.74 Å². The second-order valence-electron chi connectivity index (χ2n) is 8.01. The van der Waals surface area contributed by atoms with Crippen LogP contribution in [0.25, 0.3) is 0 Å². The third kappa shape index (κ3) is 4.78. The molecule has 0 aliphatic carbocycles. The molecule has 156 valence electrons. The molecule has 0 saturated carbocycles. The normalized spacial score (nSPS) is 20.6. The van der Waals surface area contributed by atoms with Crippen molar-refractivity contribution in [3.8, 4) is 5.75 Å². The van der Waals surface area contributed by atoms with E-state index >= 15 is 0 Å². The second kappa shape index (κ2) is 9.39. The van der Waals surface area contributed by atoms with E-state index in [1.54, 1.807) is 0 Å². The summed E-state index contributed by atoms with van der Waals surface area (Å²) in [5, 5.41) is 8.51. The van der Waals surface area contributed by atoms with Gasteiger partial charge in [0.1, 0.15) is 5.75 Å². The van der Waals surface area contributed by atoms with Gasteiger partial charge in [0.2, 0.25) is 0 Å². The zero-order valence-corrected chi connectivity index (χ0v) is 17.3. The van der Waals surface area contributed by atoms with Crippen molar-refractivity contribution in [3.05, 3.63) is 41.7 Å². The fourth-order valence-corrected chi connectivity index (χ4v) is 4.37. The third-order valence-corrected chi connectivity index (χ3v) is 5.89. The number of hydrogen-bond acceptors (Lipinski definition) is 5. The van der Waals surface area contributed by atoms with Gasteiger partial charge in [-0.1, -0.05) is 23.4 Å². The average molecular weight is 398 g/mol. The number of nitrogens with zero attached hydrogens (tertiary/aromatic N) is 5. The molecule has 2 aliphatic rings. The van der Waals surface area contributed by atoms with Crippen LogP contribution in [0.5, 0.6) is 5.75 Å². The molecule has 0 bridgehead atoms. The lowest BCUT2D eigenvalue weighted by atomic mass is 10.0. The van der Waals surface area contributed by atoms with E-state index in [-0.39, 0.29) is 11.9 Å². The van der Waals surface area contributed by atoms with Crippen LogP contribution in [0.1, 0.15) is 61.1 Å². The maximum atomic E-state index is 12.7. The maximum Gasteiger partial charge on any atom is 0.276 e. The van der Waals surface area contributed by atoms with E-state index in [2.05, 4.69) is 27.3 Å². The minimum absolute atomic E-state index is 0.0225. The number of likely N-dealkylation sites (tertiary alicyclic amines) is 2. The molecule has 0 N–H and O–H groups in total. The summed E-state index contributed by atoms with van der Waals surface area (Å²) in [6.07, 6.45) is 7.39. The summed E-state index contributed by atoms with van der Waals surface area (Å²) >= 11 is 0. The Kier molecular flexibility index (Phi) is 6.44. The molecule has 1 amide bonds. The first-order valence-electron chi connectivity index (χ1n) is 10.9. The number of benzene rings is 1. The Hall–Kier alpha value is -2.41. The molecule has 7 nitrogen and oxygen atoms in total.